The summed E-state index contributed by atoms with van der Waals surface area (Å²) in [4.78, 5) is 0. The van der Waals surface area contributed by atoms with Crippen molar-refractivity contribution in [1.29, 1.82) is 0 Å². The standard InChI is InChI=1S/C11H11F/c1-8-10-6-4-3-5-9(10)7-11(8,2)12/h3-6H,1,7H2,2H3. The Morgan fingerprint density at radius 2 is 2.08 bits per heavy atom. The summed E-state index contributed by atoms with van der Waals surface area (Å²) in [6.07, 6.45) is 0.474. The second-order valence-electron chi connectivity index (χ2n) is 3.51. The first kappa shape index (κ1) is 7.53. The number of alkyl halides is 1. The third-order valence-corrected chi connectivity index (χ3v) is 2.49. The van der Waals surface area contributed by atoms with Crippen molar-refractivity contribution in [3.05, 3.63) is 42.0 Å². The fraction of sp³-hybridized carbons (Fsp3) is 0.273. The molecular formula is C11H11F. The fourth-order valence-electron chi connectivity index (χ4n) is 1.71. The van der Waals surface area contributed by atoms with Crippen LogP contribution in [0.25, 0.3) is 5.57 Å². The van der Waals surface area contributed by atoms with E-state index in [1.807, 2.05) is 24.3 Å². The van der Waals surface area contributed by atoms with E-state index in [2.05, 4.69) is 6.58 Å². The molecule has 0 nitrogen and oxygen atoms in total. The predicted molar refractivity (Wildman–Crippen MR) is 48.7 cm³/mol. The quantitative estimate of drug-likeness (QED) is 0.550. The molecular weight excluding hydrogens is 151 g/mol. The molecule has 1 atom stereocenters. The molecule has 1 aliphatic rings. The molecule has 1 aromatic rings. The van der Waals surface area contributed by atoms with Crippen molar-refractivity contribution in [2.24, 2.45) is 0 Å². The molecule has 0 saturated carbocycles. The highest BCUT2D eigenvalue weighted by atomic mass is 19.1. The number of fused-ring (bicyclic) bond motifs is 1. The number of rotatable bonds is 0. The van der Waals surface area contributed by atoms with Crippen molar-refractivity contribution in [3.8, 4) is 0 Å². The summed E-state index contributed by atoms with van der Waals surface area (Å²) in [6.45, 7) is 5.37. The molecule has 1 aromatic carbocycles. The van der Waals surface area contributed by atoms with Gasteiger partial charge < -0.3 is 0 Å². The molecule has 2 rings (SSSR count). The smallest absolute Gasteiger partial charge is 0.137 e. The Labute approximate surface area is 71.7 Å². The van der Waals surface area contributed by atoms with Crippen LogP contribution >= 0.6 is 0 Å². The van der Waals surface area contributed by atoms with Gasteiger partial charge in [-0.1, -0.05) is 30.8 Å². The highest BCUT2D eigenvalue weighted by Crippen LogP contribution is 2.41. The van der Waals surface area contributed by atoms with Crippen molar-refractivity contribution >= 4 is 5.57 Å². The van der Waals surface area contributed by atoms with E-state index in [-0.39, 0.29) is 0 Å². The SMILES string of the molecule is C=C1c2ccccc2CC1(C)F. The third-order valence-electron chi connectivity index (χ3n) is 2.49. The van der Waals surface area contributed by atoms with Crippen LogP contribution in [0.5, 0.6) is 0 Å². The number of allylic oxidation sites excluding steroid dienone is 1. The predicted octanol–water partition coefficient (Wildman–Crippen LogP) is 2.98. The van der Waals surface area contributed by atoms with E-state index in [4.69, 9.17) is 0 Å². The van der Waals surface area contributed by atoms with E-state index in [0.29, 0.717) is 12.0 Å². The van der Waals surface area contributed by atoms with E-state index < -0.39 is 5.67 Å². The summed E-state index contributed by atoms with van der Waals surface area (Å²) in [6, 6.07) is 7.76. The molecule has 0 aliphatic heterocycles. The Hall–Kier alpha value is -1.11. The Morgan fingerprint density at radius 1 is 1.42 bits per heavy atom. The van der Waals surface area contributed by atoms with E-state index >= 15 is 0 Å². The average molecular weight is 162 g/mol. The molecule has 12 heavy (non-hydrogen) atoms. The Morgan fingerprint density at radius 3 is 2.75 bits per heavy atom. The normalized spacial score (nSPS) is 27.3. The van der Waals surface area contributed by atoms with Gasteiger partial charge in [0, 0.05) is 6.42 Å². The van der Waals surface area contributed by atoms with E-state index in [1.165, 1.54) is 0 Å². The van der Waals surface area contributed by atoms with Crippen LogP contribution in [0.2, 0.25) is 0 Å². The zero-order valence-corrected chi connectivity index (χ0v) is 7.10. The van der Waals surface area contributed by atoms with Gasteiger partial charge in [-0.05, 0) is 23.6 Å². The topological polar surface area (TPSA) is 0 Å². The van der Waals surface area contributed by atoms with Gasteiger partial charge in [0.15, 0.2) is 0 Å². The number of halogens is 1. The molecule has 0 bridgehead atoms. The van der Waals surface area contributed by atoms with Crippen LogP contribution in [0.3, 0.4) is 0 Å². The van der Waals surface area contributed by atoms with Crippen molar-refractivity contribution in [3.63, 3.8) is 0 Å². The summed E-state index contributed by atoms with van der Waals surface area (Å²) in [5, 5.41) is 0. The first-order valence-electron chi connectivity index (χ1n) is 4.08. The number of hydrogen-bond donors (Lipinski definition) is 0. The van der Waals surface area contributed by atoms with E-state index in [0.717, 1.165) is 11.1 Å². The number of hydrogen-bond acceptors (Lipinski definition) is 0. The molecule has 0 N–H and O–H groups in total. The van der Waals surface area contributed by atoms with Crippen LogP contribution < -0.4 is 0 Å². The summed E-state index contributed by atoms with van der Waals surface area (Å²) in [7, 11) is 0. The monoisotopic (exact) mass is 162 g/mol. The molecule has 62 valence electrons. The van der Waals surface area contributed by atoms with Gasteiger partial charge in [-0.2, -0.15) is 0 Å². The van der Waals surface area contributed by atoms with E-state index in [1.54, 1.807) is 6.92 Å². The molecule has 1 heteroatoms. The lowest BCUT2D eigenvalue weighted by molar-refractivity contribution is 0.280. The summed E-state index contributed by atoms with van der Waals surface area (Å²) in [5.74, 6) is 0. The highest BCUT2D eigenvalue weighted by Gasteiger charge is 2.35. The molecule has 1 unspecified atom stereocenters. The van der Waals surface area contributed by atoms with E-state index in [9.17, 15) is 4.39 Å². The van der Waals surface area contributed by atoms with Crippen molar-refractivity contribution in [1.82, 2.24) is 0 Å². The van der Waals surface area contributed by atoms with Gasteiger partial charge in [-0.3, -0.25) is 0 Å². The third kappa shape index (κ3) is 0.893. The molecule has 0 radical (unpaired) electrons. The summed E-state index contributed by atoms with van der Waals surface area (Å²) in [5.41, 5.74) is 1.46. The fourth-order valence-corrected chi connectivity index (χ4v) is 1.71. The van der Waals surface area contributed by atoms with Gasteiger partial charge in [0.25, 0.3) is 0 Å². The van der Waals surface area contributed by atoms with Crippen LogP contribution in [-0.2, 0) is 6.42 Å². The molecule has 0 heterocycles. The van der Waals surface area contributed by atoms with Gasteiger partial charge in [0.1, 0.15) is 5.67 Å². The lowest BCUT2D eigenvalue weighted by Crippen LogP contribution is -2.15. The first-order valence-corrected chi connectivity index (χ1v) is 4.08. The highest BCUT2D eigenvalue weighted by molar-refractivity contribution is 5.77. The Balaban J connectivity index is 2.57. The molecule has 0 spiro atoms. The maximum atomic E-state index is 13.7. The molecule has 0 fully saturated rings. The second-order valence-corrected chi connectivity index (χ2v) is 3.51. The summed E-state index contributed by atoms with van der Waals surface area (Å²) < 4.78 is 13.7. The van der Waals surface area contributed by atoms with Gasteiger partial charge in [-0.15, -0.1) is 0 Å². The molecule has 0 saturated heterocycles. The molecule has 0 aromatic heterocycles. The Kier molecular flexibility index (Phi) is 1.38. The van der Waals surface area contributed by atoms with Crippen molar-refractivity contribution < 1.29 is 4.39 Å². The second kappa shape index (κ2) is 2.19. The summed E-state index contributed by atoms with van der Waals surface area (Å²) >= 11 is 0. The van der Waals surface area contributed by atoms with Crippen molar-refractivity contribution in [2.75, 3.05) is 0 Å². The lowest BCUT2D eigenvalue weighted by atomic mass is 10.0. The van der Waals surface area contributed by atoms with Crippen LogP contribution in [0.4, 0.5) is 4.39 Å². The van der Waals surface area contributed by atoms with Crippen LogP contribution in [-0.4, -0.2) is 5.67 Å². The molecule has 1 aliphatic carbocycles. The molecule has 0 amide bonds. The number of benzene rings is 1. The minimum Gasteiger partial charge on any atom is -0.239 e. The van der Waals surface area contributed by atoms with Crippen molar-refractivity contribution in [2.45, 2.75) is 19.0 Å². The zero-order valence-electron chi connectivity index (χ0n) is 7.10. The Bertz CT molecular complexity index is 337. The van der Waals surface area contributed by atoms with Gasteiger partial charge in [0.05, 0.1) is 0 Å². The first-order chi connectivity index (χ1) is 5.61. The maximum Gasteiger partial charge on any atom is 0.137 e. The lowest BCUT2D eigenvalue weighted by Gasteiger charge is -2.12. The van der Waals surface area contributed by atoms with Crippen LogP contribution in [0.1, 0.15) is 18.1 Å². The maximum absolute atomic E-state index is 13.7. The van der Waals surface area contributed by atoms with Gasteiger partial charge in [0.2, 0.25) is 0 Å². The minimum atomic E-state index is -1.23. The van der Waals surface area contributed by atoms with Crippen LogP contribution in [0, 0.1) is 0 Å². The zero-order chi connectivity index (χ0) is 8.77. The van der Waals surface area contributed by atoms with Crippen LogP contribution in [0.15, 0.2) is 30.8 Å². The van der Waals surface area contributed by atoms with Gasteiger partial charge in [-0.25, -0.2) is 4.39 Å². The minimum absolute atomic E-state index is 0.474. The largest absolute Gasteiger partial charge is 0.239 e. The average Bonchev–Trinajstić information content (AvgIpc) is 2.24. The van der Waals surface area contributed by atoms with Gasteiger partial charge >= 0.3 is 0 Å².